The van der Waals surface area contributed by atoms with Gasteiger partial charge in [0.1, 0.15) is 6.10 Å². The van der Waals surface area contributed by atoms with Crippen molar-refractivity contribution in [2.75, 3.05) is 0 Å². The molecule has 39 heavy (non-hydrogen) atoms. The number of ether oxygens (including phenoxy) is 1. The lowest BCUT2D eigenvalue weighted by Crippen LogP contribution is -2.29. The molecule has 4 nitrogen and oxygen atoms in total. The van der Waals surface area contributed by atoms with Gasteiger partial charge in [-0.1, -0.05) is 95.9 Å². The number of carbonyl (C=O) groups excluding carboxylic acids is 1. The van der Waals surface area contributed by atoms with Crippen LogP contribution in [0.3, 0.4) is 0 Å². The standard InChI is InChI=1S/C34H51FN2O2/c1-3-5-7-8-9-10-11-12-13-29-25-36-33(37-26-29)30-21-17-27(18-22-30)15-16-28-19-23-31(24-20-28)39-34(38)32(35)14-6-4-2/h17-18,21-22,25-26,28,31-32H,3-16,19-20,23-24H2,1-2H3/t28?,31?,32-/m0/s1. The molecule has 0 amide bonds. The second-order valence-electron chi connectivity index (χ2n) is 11.6. The molecule has 1 fully saturated rings. The fourth-order valence-corrected chi connectivity index (χ4v) is 5.56. The maximum Gasteiger partial charge on any atom is 0.340 e. The average molecular weight is 539 g/mol. The molecule has 0 bridgehead atoms. The van der Waals surface area contributed by atoms with Gasteiger partial charge < -0.3 is 4.74 Å². The van der Waals surface area contributed by atoms with Crippen molar-refractivity contribution >= 4 is 5.97 Å². The molecule has 0 saturated heterocycles. The molecule has 1 aromatic carbocycles. The monoisotopic (exact) mass is 538 g/mol. The van der Waals surface area contributed by atoms with Crippen molar-refractivity contribution in [2.24, 2.45) is 5.92 Å². The second-order valence-corrected chi connectivity index (χ2v) is 11.6. The van der Waals surface area contributed by atoms with E-state index in [9.17, 15) is 9.18 Å². The fraction of sp³-hybridized carbons (Fsp3) is 0.676. The number of carbonyl (C=O) groups is 1. The Bertz CT molecular complexity index is 923. The summed E-state index contributed by atoms with van der Waals surface area (Å²) in [5.41, 5.74) is 3.62. The van der Waals surface area contributed by atoms with Gasteiger partial charge in [0.05, 0.1) is 0 Å². The lowest BCUT2D eigenvalue weighted by molar-refractivity contribution is -0.157. The highest BCUT2D eigenvalue weighted by Gasteiger charge is 2.27. The molecule has 0 spiro atoms. The Balaban J connectivity index is 1.32. The molecular weight excluding hydrogens is 487 g/mol. The Morgan fingerprint density at radius 2 is 1.44 bits per heavy atom. The third-order valence-electron chi connectivity index (χ3n) is 8.22. The summed E-state index contributed by atoms with van der Waals surface area (Å²) in [5.74, 6) is 0.770. The number of benzene rings is 1. The molecule has 3 rings (SSSR count). The minimum Gasteiger partial charge on any atom is -0.460 e. The van der Waals surface area contributed by atoms with Crippen LogP contribution in [0.15, 0.2) is 36.7 Å². The largest absolute Gasteiger partial charge is 0.460 e. The molecule has 0 radical (unpaired) electrons. The first kappa shape index (κ1) is 31.2. The lowest BCUT2D eigenvalue weighted by atomic mass is 9.83. The van der Waals surface area contributed by atoms with Crippen LogP contribution in [0, 0.1) is 5.92 Å². The Morgan fingerprint density at radius 1 is 0.821 bits per heavy atom. The van der Waals surface area contributed by atoms with Gasteiger partial charge in [0, 0.05) is 18.0 Å². The zero-order valence-electron chi connectivity index (χ0n) is 24.5. The van der Waals surface area contributed by atoms with E-state index in [-0.39, 0.29) is 12.5 Å². The molecule has 1 aliphatic carbocycles. The van der Waals surface area contributed by atoms with Gasteiger partial charge in [-0.2, -0.15) is 0 Å². The van der Waals surface area contributed by atoms with Crippen LogP contribution in [-0.2, 0) is 22.4 Å². The van der Waals surface area contributed by atoms with Crippen molar-refractivity contribution in [3.8, 4) is 11.4 Å². The fourth-order valence-electron chi connectivity index (χ4n) is 5.56. The number of alkyl halides is 1. The van der Waals surface area contributed by atoms with Gasteiger partial charge in [0.2, 0.25) is 0 Å². The molecule has 5 heteroatoms. The van der Waals surface area contributed by atoms with Gasteiger partial charge in [-0.15, -0.1) is 0 Å². The Labute approximate surface area is 236 Å². The van der Waals surface area contributed by atoms with Crippen LogP contribution in [-0.4, -0.2) is 28.2 Å². The zero-order valence-corrected chi connectivity index (χ0v) is 24.5. The summed E-state index contributed by atoms with van der Waals surface area (Å²) in [6, 6.07) is 8.65. The van der Waals surface area contributed by atoms with Crippen molar-refractivity contribution in [1.82, 2.24) is 9.97 Å². The molecule has 1 aromatic heterocycles. The summed E-state index contributed by atoms with van der Waals surface area (Å²) in [5, 5.41) is 0. The Hall–Kier alpha value is -2.30. The third-order valence-corrected chi connectivity index (χ3v) is 8.22. The molecule has 0 aliphatic heterocycles. The highest BCUT2D eigenvalue weighted by molar-refractivity contribution is 5.74. The van der Waals surface area contributed by atoms with E-state index < -0.39 is 12.1 Å². The SMILES string of the molecule is CCCCCCCCCCc1cnc(-c2ccc(CCC3CCC(OC(=O)[C@@H](F)CCCC)CC3)cc2)nc1. The van der Waals surface area contributed by atoms with Crippen molar-refractivity contribution in [2.45, 2.75) is 142 Å². The second kappa shape index (κ2) is 18.1. The molecule has 216 valence electrons. The Kier molecular flexibility index (Phi) is 14.5. The molecule has 1 heterocycles. The maximum absolute atomic E-state index is 13.9. The summed E-state index contributed by atoms with van der Waals surface area (Å²) in [6.07, 6.45) is 22.0. The summed E-state index contributed by atoms with van der Waals surface area (Å²) in [6.45, 7) is 4.26. The topological polar surface area (TPSA) is 52.1 Å². The highest BCUT2D eigenvalue weighted by Crippen LogP contribution is 2.30. The third kappa shape index (κ3) is 11.8. The van der Waals surface area contributed by atoms with E-state index in [1.165, 1.54) is 62.5 Å². The van der Waals surface area contributed by atoms with E-state index >= 15 is 0 Å². The summed E-state index contributed by atoms with van der Waals surface area (Å²) >= 11 is 0. The number of hydrogen-bond donors (Lipinski definition) is 0. The maximum atomic E-state index is 13.9. The number of unbranched alkanes of at least 4 members (excludes halogenated alkanes) is 8. The first-order valence-corrected chi connectivity index (χ1v) is 15.8. The minimum absolute atomic E-state index is 0.111. The number of rotatable bonds is 18. The van der Waals surface area contributed by atoms with Crippen molar-refractivity contribution in [1.29, 1.82) is 0 Å². The van der Waals surface area contributed by atoms with Crippen molar-refractivity contribution < 1.29 is 13.9 Å². The first-order chi connectivity index (χ1) is 19.1. The number of aromatic nitrogens is 2. The van der Waals surface area contributed by atoms with Crippen LogP contribution in [0.1, 0.15) is 128 Å². The van der Waals surface area contributed by atoms with Crippen LogP contribution in [0.4, 0.5) is 4.39 Å². The van der Waals surface area contributed by atoms with E-state index in [1.54, 1.807) is 0 Å². The van der Waals surface area contributed by atoms with Crippen molar-refractivity contribution in [3.05, 3.63) is 47.8 Å². The predicted octanol–water partition coefficient (Wildman–Crippen LogP) is 9.39. The first-order valence-electron chi connectivity index (χ1n) is 15.8. The summed E-state index contributed by atoms with van der Waals surface area (Å²) < 4.78 is 19.3. The van der Waals surface area contributed by atoms with Crippen LogP contribution in [0.5, 0.6) is 0 Å². The van der Waals surface area contributed by atoms with Crippen LogP contribution >= 0.6 is 0 Å². The normalized spacial score (nSPS) is 18.1. The molecule has 0 N–H and O–H groups in total. The molecule has 2 aromatic rings. The van der Waals surface area contributed by atoms with E-state index in [1.807, 2.05) is 19.3 Å². The molecular formula is C34H51FN2O2. The van der Waals surface area contributed by atoms with Crippen molar-refractivity contribution in [3.63, 3.8) is 0 Å². The Morgan fingerprint density at radius 3 is 2.08 bits per heavy atom. The average Bonchev–Trinajstić information content (AvgIpc) is 2.97. The van der Waals surface area contributed by atoms with Gasteiger partial charge >= 0.3 is 5.97 Å². The molecule has 1 atom stereocenters. The van der Waals surface area contributed by atoms with E-state index in [0.717, 1.165) is 69.2 Å². The van der Waals surface area contributed by atoms with Gasteiger partial charge in [-0.05, 0) is 74.8 Å². The van der Waals surface area contributed by atoms with Gasteiger partial charge in [-0.3, -0.25) is 0 Å². The van der Waals surface area contributed by atoms with E-state index in [2.05, 4.69) is 41.2 Å². The smallest absolute Gasteiger partial charge is 0.340 e. The zero-order chi connectivity index (χ0) is 27.7. The quantitative estimate of drug-likeness (QED) is 0.140. The van der Waals surface area contributed by atoms with Gasteiger partial charge in [0.15, 0.2) is 12.0 Å². The molecule has 1 saturated carbocycles. The van der Waals surface area contributed by atoms with Crippen LogP contribution in [0.25, 0.3) is 11.4 Å². The number of halogens is 1. The summed E-state index contributed by atoms with van der Waals surface area (Å²) in [4.78, 5) is 21.2. The summed E-state index contributed by atoms with van der Waals surface area (Å²) in [7, 11) is 0. The van der Waals surface area contributed by atoms with Gasteiger partial charge in [-0.25, -0.2) is 19.2 Å². The predicted molar refractivity (Wildman–Crippen MR) is 158 cm³/mol. The number of hydrogen-bond acceptors (Lipinski definition) is 4. The lowest BCUT2D eigenvalue weighted by Gasteiger charge is -2.28. The van der Waals surface area contributed by atoms with E-state index in [4.69, 9.17) is 4.74 Å². The highest BCUT2D eigenvalue weighted by atomic mass is 19.1. The number of esters is 1. The molecule has 1 aliphatic rings. The number of aryl methyl sites for hydroxylation is 2. The van der Waals surface area contributed by atoms with Gasteiger partial charge in [0.25, 0.3) is 0 Å². The van der Waals surface area contributed by atoms with Crippen LogP contribution in [0.2, 0.25) is 0 Å². The van der Waals surface area contributed by atoms with Crippen LogP contribution < -0.4 is 0 Å². The van der Waals surface area contributed by atoms with E-state index in [0.29, 0.717) is 5.92 Å². The number of nitrogens with zero attached hydrogens (tertiary/aromatic N) is 2. The minimum atomic E-state index is -1.46. The molecule has 0 unspecified atom stereocenters.